The summed E-state index contributed by atoms with van der Waals surface area (Å²) < 4.78 is 18.9. The molecule has 1 saturated carbocycles. The summed E-state index contributed by atoms with van der Waals surface area (Å²) in [6.07, 6.45) is 3.68. The van der Waals surface area contributed by atoms with Crippen LogP contribution in [0.5, 0.6) is 0 Å². The van der Waals surface area contributed by atoms with Crippen LogP contribution in [0.15, 0.2) is 18.2 Å². The predicted octanol–water partition coefficient (Wildman–Crippen LogP) is 3.31. The Hall–Kier alpha value is -0.970. The standard InChI is InChI=1S/C16H19ClFNO2/c17-14-4-3-12(18)11-13(14)15(20)16(5-1-2-6-16)19-7-9-21-10-8-19/h3-4,11H,1-2,5-10H2. The third kappa shape index (κ3) is 2.72. The van der Waals surface area contributed by atoms with Crippen LogP contribution in [0, 0.1) is 5.82 Å². The van der Waals surface area contributed by atoms with E-state index < -0.39 is 11.4 Å². The maximum absolute atomic E-state index is 13.5. The number of carbonyl (C=O) groups excluding carboxylic acids is 1. The molecule has 0 bridgehead atoms. The second kappa shape index (κ2) is 6.03. The van der Waals surface area contributed by atoms with Crippen molar-refractivity contribution in [2.45, 2.75) is 31.2 Å². The minimum Gasteiger partial charge on any atom is -0.379 e. The molecule has 5 heteroatoms. The summed E-state index contributed by atoms with van der Waals surface area (Å²) in [4.78, 5) is 15.3. The fourth-order valence-corrected chi connectivity index (χ4v) is 3.76. The molecule has 3 nitrogen and oxygen atoms in total. The highest BCUT2D eigenvalue weighted by Crippen LogP contribution is 2.39. The molecule has 0 unspecified atom stereocenters. The first-order valence-corrected chi connectivity index (χ1v) is 7.84. The van der Waals surface area contributed by atoms with Gasteiger partial charge in [0.15, 0.2) is 5.78 Å². The molecule has 0 radical (unpaired) electrons. The number of Topliss-reactive ketones (excluding diaryl/α,β-unsaturated/α-hetero) is 1. The molecule has 21 heavy (non-hydrogen) atoms. The average molecular weight is 312 g/mol. The quantitative estimate of drug-likeness (QED) is 0.802. The number of carbonyl (C=O) groups is 1. The first-order chi connectivity index (χ1) is 10.1. The van der Waals surface area contributed by atoms with Crippen molar-refractivity contribution in [1.82, 2.24) is 4.90 Å². The van der Waals surface area contributed by atoms with Gasteiger partial charge in [0.2, 0.25) is 0 Å². The van der Waals surface area contributed by atoms with Gasteiger partial charge in [-0.15, -0.1) is 0 Å². The number of nitrogens with zero attached hydrogens (tertiary/aromatic N) is 1. The number of benzene rings is 1. The lowest BCUT2D eigenvalue weighted by molar-refractivity contribution is -0.0130. The van der Waals surface area contributed by atoms with Crippen LogP contribution >= 0.6 is 11.6 Å². The Morgan fingerprint density at radius 3 is 2.57 bits per heavy atom. The van der Waals surface area contributed by atoms with Gasteiger partial charge >= 0.3 is 0 Å². The van der Waals surface area contributed by atoms with E-state index in [-0.39, 0.29) is 5.78 Å². The lowest BCUT2D eigenvalue weighted by Gasteiger charge is -2.42. The van der Waals surface area contributed by atoms with Crippen LogP contribution in [0.2, 0.25) is 5.02 Å². The molecule has 0 aromatic heterocycles. The van der Waals surface area contributed by atoms with Crippen LogP contribution in [-0.2, 0) is 4.74 Å². The summed E-state index contributed by atoms with van der Waals surface area (Å²) in [6.45, 7) is 2.79. The molecule has 1 aliphatic heterocycles. The predicted molar refractivity (Wildman–Crippen MR) is 79.3 cm³/mol. The minimum absolute atomic E-state index is 0.0357. The van der Waals surface area contributed by atoms with Gasteiger partial charge in [-0.3, -0.25) is 9.69 Å². The lowest BCUT2D eigenvalue weighted by Crippen LogP contribution is -2.56. The van der Waals surface area contributed by atoms with Gasteiger partial charge in [0, 0.05) is 18.7 Å². The highest BCUT2D eigenvalue weighted by Gasteiger charge is 2.47. The van der Waals surface area contributed by atoms with E-state index in [0.29, 0.717) is 23.8 Å². The number of hydrogen-bond donors (Lipinski definition) is 0. The van der Waals surface area contributed by atoms with E-state index >= 15 is 0 Å². The van der Waals surface area contributed by atoms with Gasteiger partial charge in [0.1, 0.15) is 5.82 Å². The summed E-state index contributed by atoms with van der Waals surface area (Å²) in [5.41, 5.74) is -0.216. The van der Waals surface area contributed by atoms with Gasteiger partial charge in [-0.1, -0.05) is 24.4 Å². The van der Waals surface area contributed by atoms with Crippen LogP contribution < -0.4 is 0 Å². The first kappa shape index (κ1) is 14.9. The molecular weight excluding hydrogens is 293 g/mol. The molecule has 2 fully saturated rings. The van der Waals surface area contributed by atoms with E-state index in [9.17, 15) is 9.18 Å². The highest BCUT2D eigenvalue weighted by molar-refractivity contribution is 6.34. The van der Waals surface area contributed by atoms with Gasteiger partial charge < -0.3 is 4.74 Å². The zero-order valence-corrected chi connectivity index (χ0v) is 12.7. The van der Waals surface area contributed by atoms with E-state index in [1.54, 1.807) is 0 Å². The first-order valence-electron chi connectivity index (χ1n) is 7.46. The van der Waals surface area contributed by atoms with Crippen molar-refractivity contribution in [1.29, 1.82) is 0 Å². The SMILES string of the molecule is O=C(c1cc(F)ccc1Cl)C1(N2CCOCC2)CCCC1. The van der Waals surface area contributed by atoms with Gasteiger partial charge in [0.25, 0.3) is 0 Å². The molecule has 1 saturated heterocycles. The summed E-state index contributed by atoms with van der Waals surface area (Å²) in [6, 6.07) is 4.02. The molecule has 3 rings (SSSR count). The van der Waals surface area contributed by atoms with Gasteiger partial charge in [0.05, 0.1) is 23.8 Å². The number of rotatable bonds is 3. The van der Waals surface area contributed by atoms with Crippen molar-refractivity contribution >= 4 is 17.4 Å². The topological polar surface area (TPSA) is 29.5 Å². The third-order valence-corrected chi connectivity index (χ3v) is 4.97. The Bertz CT molecular complexity index is 537. The van der Waals surface area contributed by atoms with Crippen LogP contribution in [0.3, 0.4) is 0 Å². The molecule has 0 amide bonds. The summed E-state index contributed by atoms with van der Waals surface area (Å²) in [7, 11) is 0. The number of halogens is 2. The molecule has 0 N–H and O–H groups in total. The third-order valence-electron chi connectivity index (χ3n) is 4.64. The van der Waals surface area contributed by atoms with Crippen LogP contribution in [-0.4, -0.2) is 42.5 Å². The lowest BCUT2D eigenvalue weighted by atomic mass is 9.85. The van der Waals surface area contributed by atoms with Crippen molar-refractivity contribution in [3.05, 3.63) is 34.6 Å². The van der Waals surface area contributed by atoms with E-state index in [4.69, 9.17) is 16.3 Å². The normalized spacial score (nSPS) is 22.4. The van der Waals surface area contributed by atoms with Crippen molar-refractivity contribution < 1.29 is 13.9 Å². The van der Waals surface area contributed by atoms with Gasteiger partial charge in [-0.05, 0) is 31.0 Å². The molecule has 0 atom stereocenters. The second-order valence-electron chi connectivity index (χ2n) is 5.79. The second-order valence-corrected chi connectivity index (χ2v) is 6.20. The zero-order chi connectivity index (χ0) is 14.9. The number of hydrogen-bond acceptors (Lipinski definition) is 3. The summed E-state index contributed by atoms with van der Waals surface area (Å²) in [5.74, 6) is -0.454. The fraction of sp³-hybridized carbons (Fsp3) is 0.562. The number of ether oxygens (including phenoxy) is 1. The van der Waals surface area contributed by atoms with Gasteiger partial charge in [-0.25, -0.2) is 4.39 Å². The molecule has 1 aromatic rings. The number of morpholine rings is 1. The maximum atomic E-state index is 13.5. The Morgan fingerprint density at radius 1 is 1.24 bits per heavy atom. The Kier molecular flexibility index (Phi) is 4.29. The van der Waals surface area contributed by atoms with E-state index in [0.717, 1.165) is 38.8 Å². The minimum atomic E-state index is -0.527. The largest absolute Gasteiger partial charge is 0.379 e. The van der Waals surface area contributed by atoms with Crippen LogP contribution in [0.1, 0.15) is 36.0 Å². The molecule has 1 aromatic carbocycles. The fourth-order valence-electron chi connectivity index (χ4n) is 3.56. The Labute approximate surface area is 129 Å². The summed E-state index contributed by atoms with van der Waals surface area (Å²) >= 11 is 6.14. The molecule has 0 spiro atoms. The molecule has 1 heterocycles. The average Bonchev–Trinajstić information content (AvgIpc) is 3.01. The molecule has 1 aliphatic carbocycles. The molecule has 114 valence electrons. The van der Waals surface area contributed by atoms with E-state index in [2.05, 4.69) is 4.90 Å². The Morgan fingerprint density at radius 2 is 1.90 bits per heavy atom. The monoisotopic (exact) mass is 311 g/mol. The van der Waals surface area contributed by atoms with E-state index in [1.165, 1.54) is 18.2 Å². The zero-order valence-electron chi connectivity index (χ0n) is 11.9. The van der Waals surface area contributed by atoms with Crippen molar-refractivity contribution in [3.63, 3.8) is 0 Å². The maximum Gasteiger partial charge on any atom is 0.184 e. The van der Waals surface area contributed by atoms with E-state index in [1.807, 2.05) is 0 Å². The van der Waals surface area contributed by atoms with Crippen molar-refractivity contribution in [2.24, 2.45) is 0 Å². The summed E-state index contributed by atoms with van der Waals surface area (Å²) in [5, 5.41) is 0.334. The Balaban J connectivity index is 1.96. The highest BCUT2D eigenvalue weighted by atomic mass is 35.5. The number of ketones is 1. The van der Waals surface area contributed by atoms with Crippen molar-refractivity contribution in [3.8, 4) is 0 Å². The smallest absolute Gasteiger partial charge is 0.184 e. The molecular formula is C16H19ClFNO2. The molecule has 2 aliphatic rings. The van der Waals surface area contributed by atoms with Crippen LogP contribution in [0.25, 0.3) is 0 Å². The van der Waals surface area contributed by atoms with Crippen LogP contribution in [0.4, 0.5) is 4.39 Å². The van der Waals surface area contributed by atoms with Crippen molar-refractivity contribution in [2.75, 3.05) is 26.3 Å². The van der Waals surface area contributed by atoms with Gasteiger partial charge in [-0.2, -0.15) is 0 Å².